The fraction of sp³-hybridized carbons (Fsp3) is 0.400. The summed E-state index contributed by atoms with van der Waals surface area (Å²) in [6, 6.07) is 8.40. The van der Waals surface area contributed by atoms with Crippen molar-refractivity contribution in [2.45, 2.75) is 65.1 Å². The summed E-state index contributed by atoms with van der Waals surface area (Å²) in [7, 11) is 0. The van der Waals surface area contributed by atoms with Gasteiger partial charge in [0.25, 0.3) is 5.91 Å². The number of nitrogens with zero attached hydrogens (tertiary/aromatic N) is 3. The van der Waals surface area contributed by atoms with E-state index in [0.717, 1.165) is 37.8 Å². The molecular formula is C30H33ClFN5O4. The Hall–Kier alpha value is -3.92. The van der Waals surface area contributed by atoms with Crippen molar-refractivity contribution < 1.29 is 23.5 Å². The number of halogens is 2. The molecule has 2 N–H and O–H groups in total. The third kappa shape index (κ3) is 5.93. The molecule has 9 nitrogen and oxygen atoms in total. The SMILES string of the molecule is CC(=O)N1CCn2c(ccc2C(=O)N[C@H](C(=O)Nc2ccc(-c3c(Cl)cc[n+]([O-])c3C)cc2F)C2CCCCC2)C1. The Morgan fingerprint density at radius 1 is 1.10 bits per heavy atom. The van der Waals surface area contributed by atoms with Crippen molar-refractivity contribution in [2.75, 3.05) is 11.9 Å². The molecule has 0 unspecified atom stereocenters. The number of anilines is 1. The summed E-state index contributed by atoms with van der Waals surface area (Å²) in [6.45, 7) is 4.53. The number of hydrogen-bond acceptors (Lipinski definition) is 4. The Bertz CT molecular complexity index is 1500. The molecule has 0 bridgehead atoms. The van der Waals surface area contributed by atoms with Crippen LogP contribution in [-0.2, 0) is 22.7 Å². The average molecular weight is 582 g/mol. The van der Waals surface area contributed by atoms with E-state index < -0.39 is 17.8 Å². The van der Waals surface area contributed by atoms with E-state index in [1.54, 1.807) is 24.0 Å². The topological polar surface area (TPSA) is 110 Å². The summed E-state index contributed by atoms with van der Waals surface area (Å²) in [5.41, 5.74) is 2.40. The van der Waals surface area contributed by atoms with E-state index in [1.807, 2.05) is 10.6 Å². The van der Waals surface area contributed by atoms with Gasteiger partial charge in [0.05, 0.1) is 22.8 Å². The predicted molar refractivity (Wildman–Crippen MR) is 153 cm³/mol. The van der Waals surface area contributed by atoms with Crippen LogP contribution in [0.4, 0.5) is 10.1 Å². The summed E-state index contributed by atoms with van der Waals surface area (Å²) < 4.78 is 17.8. The number of carbonyl (C=O) groups is 3. The van der Waals surface area contributed by atoms with Crippen LogP contribution in [0.1, 0.15) is 60.9 Å². The molecule has 1 saturated carbocycles. The van der Waals surface area contributed by atoms with Gasteiger partial charge < -0.3 is 25.3 Å². The smallest absolute Gasteiger partial charge is 0.268 e. The molecule has 0 saturated heterocycles. The van der Waals surface area contributed by atoms with Gasteiger partial charge in [0, 0.05) is 38.7 Å². The molecule has 0 spiro atoms. The van der Waals surface area contributed by atoms with E-state index in [9.17, 15) is 19.6 Å². The highest BCUT2D eigenvalue weighted by Crippen LogP contribution is 2.32. The summed E-state index contributed by atoms with van der Waals surface area (Å²) in [4.78, 5) is 40.6. The van der Waals surface area contributed by atoms with Crippen molar-refractivity contribution in [3.63, 3.8) is 0 Å². The Morgan fingerprint density at radius 3 is 2.56 bits per heavy atom. The minimum absolute atomic E-state index is 0.0196. The molecule has 3 heterocycles. The molecule has 2 aromatic heterocycles. The van der Waals surface area contributed by atoms with Crippen LogP contribution in [-0.4, -0.2) is 39.8 Å². The normalized spacial score (nSPS) is 16.1. The first-order valence-corrected chi connectivity index (χ1v) is 14.3. The first kappa shape index (κ1) is 28.6. The molecule has 11 heteroatoms. The molecule has 1 fully saturated rings. The second-order valence-electron chi connectivity index (χ2n) is 10.8. The van der Waals surface area contributed by atoms with E-state index in [4.69, 9.17) is 11.6 Å². The lowest BCUT2D eigenvalue weighted by Crippen LogP contribution is -2.49. The number of aromatic nitrogens is 2. The van der Waals surface area contributed by atoms with Crippen LogP contribution in [0.25, 0.3) is 11.1 Å². The van der Waals surface area contributed by atoms with Gasteiger partial charge in [0.1, 0.15) is 17.6 Å². The highest BCUT2D eigenvalue weighted by molar-refractivity contribution is 6.33. The van der Waals surface area contributed by atoms with E-state index in [2.05, 4.69) is 10.6 Å². The van der Waals surface area contributed by atoms with E-state index >= 15 is 4.39 Å². The fourth-order valence-electron chi connectivity index (χ4n) is 5.89. The van der Waals surface area contributed by atoms with Crippen molar-refractivity contribution in [1.29, 1.82) is 0 Å². The summed E-state index contributed by atoms with van der Waals surface area (Å²) in [5, 5.41) is 18.0. The Morgan fingerprint density at radius 2 is 1.85 bits per heavy atom. The Labute approximate surface area is 242 Å². The summed E-state index contributed by atoms with van der Waals surface area (Å²) >= 11 is 6.29. The van der Waals surface area contributed by atoms with Gasteiger partial charge in [0.2, 0.25) is 11.8 Å². The van der Waals surface area contributed by atoms with Crippen LogP contribution in [0.5, 0.6) is 0 Å². The van der Waals surface area contributed by atoms with Crippen LogP contribution in [0.15, 0.2) is 42.6 Å². The molecule has 41 heavy (non-hydrogen) atoms. The monoisotopic (exact) mass is 581 g/mol. The minimum Gasteiger partial charge on any atom is -0.618 e. The van der Waals surface area contributed by atoms with Crippen LogP contribution < -0.4 is 15.4 Å². The molecule has 3 aromatic rings. The van der Waals surface area contributed by atoms with Gasteiger partial charge in [-0.1, -0.05) is 36.9 Å². The molecule has 216 valence electrons. The van der Waals surface area contributed by atoms with Gasteiger partial charge in [-0.15, -0.1) is 0 Å². The van der Waals surface area contributed by atoms with Crippen LogP contribution in [0.3, 0.4) is 0 Å². The lowest BCUT2D eigenvalue weighted by atomic mass is 9.83. The minimum atomic E-state index is -0.851. The lowest BCUT2D eigenvalue weighted by molar-refractivity contribution is -0.611. The first-order chi connectivity index (χ1) is 19.6. The average Bonchev–Trinajstić information content (AvgIpc) is 3.39. The zero-order valence-electron chi connectivity index (χ0n) is 23.1. The van der Waals surface area contributed by atoms with Crippen molar-refractivity contribution in [1.82, 2.24) is 14.8 Å². The number of benzene rings is 1. The second-order valence-corrected chi connectivity index (χ2v) is 11.2. The Balaban J connectivity index is 1.36. The third-order valence-corrected chi connectivity index (χ3v) is 8.50. The van der Waals surface area contributed by atoms with Crippen molar-refractivity contribution in [3.8, 4) is 11.1 Å². The van der Waals surface area contributed by atoms with E-state index in [0.29, 0.717) is 51.9 Å². The third-order valence-electron chi connectivity index (χ3n) is 8.19. The maximum absolute atomic E-state index is 15.3. The number of nitrogens with one attached hydrogen (secondary N) is 2. The first-order valence-electron chi connectivity index (χ1n) is 13.9. The number of hydrogen-bond donors (Lipinski definition) is 2. The predicted octanol–water partition coefficient (Wildman–Crippen LogP) is 4.57. The standard InChI is InChI=1S/C30H33ClFN5O4/c1-18-27(23(31)12-13-37(18)41)21-8-10-25(24(32)16-21)33-30(40)28(20-6-4-3-5-7-20)34-29(39)26-11-9-22-17-35(19(2)38)14-15-36(22)26/h8-13,16,20,28H,3-7,14-15,17H2,1-2H3,(H,33,40)(H,34,39)/t28-/m0/s1. The van der Waals surface area contributed by atoms with Gasteiger partial charge in [0.15, 0.2) is 11.9 Å². The van der Waals surface area contributed by atoms with Gasteiger partial charge in [-0.3, -0.25) is 14.4 Å². The van der Waals surface area contributed by atoms with Gasteiger partial charge in [-0.2, -0.15) is 4.73 Å². The van der Waals surface area contributed by atoms with E-state index in [1.165, 1.54) is 31.3 Å². The van der Waals surface area contributed by atoms with E-state index in [-0.39, 0.29) is 23.4 Å². The molecule has 0 radical (unpaired) electrons. The lowest BCUT2D eigenvalue weighted by Gasteiger charge is -2.31. The molecule has 1 aliphatic heterocycles. The zero-order chi connectivity index (χ0) is 29.3. The van der Waals surface area contributed by atoms with Crippen LogP contribution in [0, 0.1) is 23.9 Å². The number of carbonyl (C=O) groups excluding carboxylic acids is 3. The quantitative estimate of drug-likeness (QED) is 0.328. The Kier molecular flexibility index (Phi) is 8.30. The number of amides is 3. The molecule has 1 aromatic carbocycles. The molecule has 3 amide bonds. The molecule has 1 aliphatic carbocycles. The second kappa shape index (κ2) is 11.9. The number of rotatable bonds is 6. The van der Waals surface area contributed by atoms with Crippen LogP contribution >= 0.6 is 11.6 Å². The molecular weight excluding hydrogens is 549 g/mol. The largest absolute Gasteiger partial charge is 0.618 e. The highest BCUT2D eigenvalue weighted by Gasteiger charge is 2.33. The number of fused-ring (bicyclic) bond motifs is 1. The molecule has 1 atom stereocenters. The van der Waals surface area contributed by atoms with Crippen molar-refractivity contribution >= 4 is 35.0 Å². The van der Waals surface area contributed by atoms with Gasteiger partial charge in [-0.05, 0) is 48.6 Å². The van der Waals surface area contributed by atoms with Crippen LogP contribution in [0.2, 0.25) is 5.02 Å². The maximum Gasteiger partial charge on any atom is 0.268 e. The number of pyridine rings is 1. The van der Waals surface area contributed by atoms with Gasteiger partial charge in [-0.25, -0.2) is 4.39 Å². The highest BCUT2D eigenvalue weighted by atomic mass is 35.5. The van der Waals surface area contributed by atoms with Crippen molar-refractivity contribution in [2.24, 2.45) is 5.92 Å². The summed E-state index contributed by atoms with van der Waals surface area (Å²) in [6.07, 6.45) is 5.81. The maximum atomic E-state index is 15.3. The molecule has 2 aliphatic rings. The fourth-order valence-corrected chi connectivity index (χ4v) is 6.20. The van der Waals surface area contributed by atoms with Crippen molar-refractivity contribution in [3.05, 3.63) is 75.7 Å². The summed E-state index contributed by atoms with van der Waals surface area (Å²) in [5.74, 6) is -1.66. The molecule has 5 rings (SSSR count). The van der Waals surface area contributed by atoms with Gasteiger partial charge >= 0.3 is 0 Å². The zero-order valence-corrected chi connectivity index (χ0v) is 23.8.